The Kier molecular flexibility index (Phi) is 1.77. The molecule has 4 aromatic heterocycles. The summed E-state index contributed by atoms with van der Waals surface area (Å²) >= 11 is 0. The second-order valence-corrected chi connectivity index (χ2v) is 4.06. The molecule has 4 aromatic rings. The first-order valence-corrected chi connectivity index (χ1v) is 5.63. The van der Waals surface area contributed by atoms with Crippen molar-refractivity contribution in [2.75, 3.05) is 0 Å². The Morgan fingerprint density at radius 1 is 0.889 bits per heavy atom. The summed E-state index contributed by atoms with van der Waals surface area (Å²) in [5.41, 5.74) is 3.47. The quantitative estimate of drug-likeness (QED) is 0.507. The van der Waals surface area contributed by atoms with Crippen LogP contribution in [0.4, 0.5) is 0 Å². The van der Waals surface area contributed by atoms with E-state index < -0.39 is 0 Å². The van der Waals surface area contributed by atoms with Gasteiger partial charge in [0.05, 0.1) is 5.69 Å². The molecule has 18 heavy (non-hydrogen) atoms. The molecule has 0 aliphatic rings. The van der Waals surface area contributed by atoms with Gasteiger partial charge in [0.25, 0.3) is 0 Å². The van der Waals surface area contributed by atoms with Crippen molar-refractivity contribution in [2.45, 2.75) is 0 Å². The average Bonchev–Trinajstić information content (AvgIpc) is 3.04. The van der Waals surface area contributed by atoms with Crippen LogP contribution in [0.1, 0.15) is 0 Å². The first-order chi connectivity index (χ1) is 8.90. The maximum Gasteiger partial charge on any atom is 0.140 e. The van der Waals surface area contributed by atoms with E-state index in [0.29, 0.717) is 0 Å². The molecule has 4 rings (SSSR count). The van der Waals surface area contributed by atoms with Gasteiger partial charge in [0.1, 0.15) is 23.3 Å². The van der Waals surface area contributed by atoms with Gasteiger partial charge in [-0.25, -0.2) is 15.0 Å². The molecule has 5 nitrogen and oxygen atoms in total. The van der Waals surface area contributed by atoms with Crippen molar-refractivity contribution in [2.24, 2.45) is 0 Å². The van der Waals surface area contributed by atoms with Crippen LogP contribution >= 0.6 is 0 Å². The molecule has 4 heterocycles. The number of rotatable bonds is 1. The summed E-state index contributed by atoms with van der Waals surface area (Å²) in [6.07, 6.45) is 9.32. The van der Waals surface area contributed by atoms with Crippen LogP contribution in [-0.2, 0) is 0 Å². The predicted molar refractivity (Wildman–Crippen MR) is 67.2 cm³/mol. The SMILES string of the molecule is c1ccn2cc(-c3cc4nccn4cn3)nc2c1. The average molecular weight is 235 g/mol. The molecule has 0 unspecified atom stereocenters. The van der Waals surface area contributed by atoms with Crippen LogP contribution in [0, 0.1) is 0 Å². The highest BCUT2D eigenvalue weighted by atomic mass is 15.0. The maximum absolute atomic E-state index is 4.54. The largest absolute Gasteiger partial charge is 0.306 e. The zero-order valence-electron chi connectivity index (χ0n) is 9.43. The number of hydrogen-bond acceptors (Lipinski definition) is 3. The summed E-state index contributed by atoms with van der Waals surface area (Å²) < 4.78 is 3.85. The van der Waals surface area contributed by atoms with Gasteiger partial charge in [-0.2, -0.15) is 0 Å². The second-order valence-electron chi connectivity index (χ2n) is 4.06. The maximum atomic E-state index is 4.54. The molecule has 5 heteroatoms. The van der Waals surface area contributed by atoms with E-state index in [2.05, 4.69) is 15.0 Å². The van der Waals surface area contributed by atoms with Gasteiger partial charge in [-0.3, -0.25) is 4.40 Å². The molecule has 0 fully saturated rings. The molecule has 0 aliphatic heterocycles. The van der Waals surface area contributed by atoms with Crippen LogP contribution < -0.4 is 0 Å². The van der Waals surface area contributed by atoms with Gasteiger partial charge >= 0.3 is 0 Å². The molecule has 0 radical (unpaired) electrons. The van der Waals surface area contributed by atoms with Crippen molar-refractivity contribution in [1.29, 1.82) is 0 Å². The van der Waals surface area contributed by atoms with Gasteiger partial charge < -0.3 is 4.40 Å². The number of nitrogens with zero attached hydrogens (tertiary/aromatic N) is 5. The molecule has 0 saturated heterocycles. The van der Waals surface area contributed by atoms with E-state index in [9.17, 15) is 0 Å². The Bertz CT molecular complexity index is 809. The van der Waals surface area contributed by atoms with Crippen molar-refractivity contribution in [3.8, 4) is 11.4 Å². The highest BCUT2D eigenvalue weighted by molar-refractivity contribution is 5.62. The lowest BCUT2D eigenvalue weighted by Gasteiger charge is -1.96. The molecule has 0 aromatic carbocycles. The zero-order valence-corrected chi connectivity index (χ0v) is 9.43. The molecule has 0 aliphatic carbocycles. The monoisotopic (exact) mass is 235 g/mol. The minimum absolute atomic E-state index is 0.831. The fourth-order valence-electron chi connectivity index (χ4n) is 2.02. The molecular formula is C13H9N5. The fourth-order valence-corrected chi connectivity index (χ4v) is 2.02. The number of imidazole rings is 2. The van der Waals surface area contributed by atoms with Crippen LogP contribution in [0.2, 0.25) is 0 Å². The van der Waals surface area contributed by atoms with E-state index >= 15 is 0 Å². The van der Waals surface area contributed by atoms with Crippen molar-refractivity contribution in [1.82, 2.24) is 23.8 Å². The van der Waals surface area contributed by atoms with E-state index in [0.717, 1.165) is 22.7 Å². The fraction of sp³-hybridized carbons (Fsp3) is 0. The minimum Gasteiger partial charge on any atom is -0.306 e. The van der Waals surface area contributed by atoms with Crippen LogP contribution in [0.5, 0.6) is 0 Å². The lowest BCUT2D eigenvalue weighted by molar-refractivity contribution is 1.09. The summed E-state index contributed by atoms with van der Waals surface area (Å²) in [5, 5.41) is 0. The summed E-state index contributed by atoms with van der Waals surface area (Å²) in [5.74, 6) is 0. The van der Waals surface area contributed by atoms with Crippen LogP contribution in [0.3, 0.4) is 0 Å². The topological polar surface area (TPSA) is 47.5 Å². The summed E-state index contributed by atoms with van der Waals surface area (Å²) in [7, 11) is 0. The Morgan fingerprint density at radius 3 is 2.83 bits per heavy atom. The van der Waals surface area contributed by atoms with Crippen molar-refractivity contribution >= 4 is 11.3 Å². The zero-order chi connectivity index (χ0) is 11.9. The first-order valence-electron chi connectivity index (χ1n) is 5.63. The molecular weight excluding hydrogens is 226 g/mol. The number of fused-ring (bicyclic) bond motifs is 2. The van der Waals surface area contributed by atoms with E-state index in [1.54, 1.807) is 12.5 Å². The van der Waals surface area contributed by atoms with E-state index in [1.807, 2.05) is 51.7 Å². The van der Waals surface area contributed by atoms with Crippen LogP contribution in [0.15, 0.2) is 55.4 Å². The molecule has 0 bridgehead atoms. The minimum atomic E-state index is 0.831. The van der Waals surface area contributed by atoms with Gasteiger partial charge in [0.2, 0.25) is 0 Å². The van der Waals surface area contributed by atoms with Gasteiger partial charge in [0, 0.05) is 30.9 Å². The predicted octanol–water partition coefficient (Wildman–Crippen LogP) is 2.04. The number of pyridine rings is 1. The molecule has 0 amide bonds. The molecule has 0 saturated carbocycles. The third-order valence-electron chi connectivity index (χ3n) is 2.91. The van der Waals surface area contributed by atoms with Gasteiger partial charge in [-0.05, 0) is 12.1 Å². The smallest absolute Gasteiger partial charge is 0.140 e. The lowest BCUT2D eigenvalue weighted by Crippen LogP contribution is -1.89. The second kappa shape index (κ2) is 3.40. The van der Waals surface area contributed by atoms with Crippen molar-refractivity contribution in [3.63, 3.8) is 0 Å². The Balaban J connectivity index is 1.94. The summed E-state index contributed by atoms with van der Waals surface area (Å²) in [6.45, 7) is 0. The lowest BCUT2D eigenvalue weighted by atomic mass is 10.3. The third-order valence-corrected chi connectivity index (χ3v) is 2.91. The highest BCUT2D eigenvalue weighted by Crippen LogP contribution is 2.17. The van der Waals surface area contributed by atoms with E-state index in [1.165, 1.54) is 0 Å². The highest BCUT2D eigenvalue weighted by Gasteiger charge is 2.06. The summed E-state index contributed by atoms with van der Waals surface area (Å²) in [4.78, 5) is 13.2. The Morgan fingerprint density at radius 2 is 1.89 bits per heavy atom. The van der Waals surface area contributed by atoms with Gasteiger partial charge in [0.15, 0.2) is 0 Å². The first kappa shape index (κ1) is 9.35. The Hall–Kier alpha value is -2.69. The van der Waals surface area contributed by atoms with E-state index in [4.69, 9.17) is 0 Å². The Labute approximate surface area is 102 Å². The van der Waals surface area contributed by atoms with Crippen LogP contribution in [-0.4, -0.2) is 23.8 Å². The molecule has 0 atom stereocenters. The van der Waals surface area contributed by atoms with E-state index in [-0.39, 0.29) is 0 Å². The third kappa shape index (κ3) is 1.31. The van der Waals surface area contributed by atoms with Crippen molar-refractivity contribution in [3.05, 3.63) is 55.4 Å². The molecule has 86 valence electrons. The van der Waals surface area contributed by atoms with Gasteiger partial charge in [-0.1, -0.05) is 6.07 Å². The normalized spacial score (nSPS) is 11.3. The standard InChI is InChI=1S/C13H9N5/c1-2-5-17-8-11(16-12(17)3-1)10-7-13-14-4-6-18(13)9-15-10/h1-9H. The van der Waals surface area contributed by atoms with Gasteiger partial charge in [-0.15, -0.1) is 0 Å². The van der Waals surface area contributed by atoms with Crippen LogP contribution in [0.25, 0.3) is 22.7 Å². The summed E-state index contributed by atoms with van der Waals surface area (Å²) in [6, 6.07) is 7.85. The van der Waals surface area contributed by atoms with Crippen molar-refractivity contribution < 1.29 is 0 Å². The number of aromatic nitrogens is 5. The molecule has 0 spiro atoms. The molecule has 0 N–H and O–H groups in total. The number of hydrogen-bond donors (Lipinski definition) is 0.